The van der Waals surface area contributed by atoms with Gasteiger partial charge >= 0.3 is 6.09 Å². The predicted molar refractivity (Wildman–Crippen MR) is 79.4 cm³/mol. The Bertz CT molecular complexity index is 574. The van der Waals surface area contributed by atoms with Gasteiger partial charge in [-0.25, -0.2) is 9.78 Å². The Balaban J connectivity index is 2.10. The zero-order valence-corrected chi connectivity index (χ0v) is 13.1. The zero-order valence-electron chi connectivity index (χ0n) is 13.1. The van der Waals surface area contributed by atoms with Gasteiger partial charge in [-0.05, 0) is 40.5 Å². The minimum atomic E-state index is -0.497. The summed E-state index contributed by atoms with van der Waals surface area (Å²) < 4.78 is 5.41. The Morgan fingerprint density at radius 2 is 2.19 bits per heavy atom. The van der Waals surface area contributed by atoms with Crippen molar-refractivity contribution in [3.8, 4) is 0 Å². The molecule has 0 spiro atoms. The smallest absolute Gasteiger partial charge is 0.410 e. The molecule has 1 aromatic rings. The van der Waals surface area contributed by atoms with Gasteiger partial charge < -0.3 is 14.6 Å². The molecular weight excluding hydrogens is 270 g/mol. The van der Waals surface area contributed by atoms with Crippen molar-refractivity contribution in [2.75, 3.05) is 13.1 Å². The summed E-state index contributed by atoms with van der Waals surface area (Å²) in [4.78, 5) is 32.4. The molecule has 0 radical (unpaired) electrons. The van der Waals surface area contributed by atoms with E-state index >= 15 is 0 Å². The number of nitrogens with one attached hydrogen (secondary N) is 1. The number of likely N-dealkylation sites (tertiary alicyclic amines) is 1. The van der Waals surface area contributed by atoms with E-state index in [1.807, 2.05) is 20.8 Å². The van der Waals surface area contributed by atoms with E-state index in [4.69, 9.17) is 4.74 Å². The molecule has 2 rings (SSSR count). The molecule has 1 atom stereocenters. The van der Waals surface area contributed by atoms with Crippen LogP contribution in [0.5, 0.6) is 0 Å². The minimum absolute atomic E-state index is 0.0901. The van der Waals surface area contributed by atoms with Crippen LogP contribution in [-0.4, -0.2) is 39.7 Å². The van der Waals surface area contributed by atoms with Gasteiger partial charge in [0.05, 0.1) is 5.69 Å². The molecule has 1 saturated heterocycles. The van der Waals surface area contributed by atoms with Crippen molar-refractivity contribution in [2.24, 2.45) is 0 Å². The van der Waals surface area contributed by atoms with Crippen LogP contribution in [-0.2, 0) is 4.74 Å². The minimum Gasteiger partial charge on any atom is -0.444 e. The Kier molecular flexibility index (Phi) is 4.34. The summed E-state index contributed by atoms with van der Waals surface area (Å²) >= 11 is 0. The van der Waals surface area contributed by atoms with Gasteiger partial charge in [0.15, 0.2) is 0 Å². The molecule has 6 nitrogen and oxygen atoms in total. The normalized spacial score (nSPS) is 19.4. The van der Waals surface area contributed by atoms with Crippen LogP contribution in [0, 0.1) is 6.92 Å². The summed E-state index contributed by atoms with van der Waals surface area (Å²) in [6, 6.07) is 1.52. The standard InChI is InChI=1S/C15H23N3O3/c1-10-16-12(8-13(19)17-10)11-6-5-7-18(9-11)14(20)21-15(2,3)4/h8,11H,5-7,9H2,1-4H3,(H,16,17,19)/t11-/m0/s1. The number of rotatable bonds is 1. The molecule has 0 saturated carbocycles. The molecule has 1 amide bonds. The number of carbonyl (C=O) groups is 1. The van der Waals surface area contributed by atoms with Crippen LogP contribution in [0.3, 0.4) is 0 Å². The summed E-state index contributed by atoms with van der Waals surface area (Å²) in [5, 5.41) is 0. The number of aromatic nitrogens is 2. The molecule has 2 heterocycles. The molecule has 1 aliphatic rings. The van der Waals surface area contributed by atoms with Crippen molar-refractivity contribution in [3.05, 3.63) is 27.9 Å². The lowest BCUT2D eigenvalue weighted by atomic mass is 9.95. The van der Waals surface area contributed by atoms with Crippen LogP contribution in [0.15, 0.2) is 10.9 Å². The topological polar surface area (TPSA) is 75.3 Å². The SMILES string of the molecule is Cc1nc([C@H]2CCCN(C(=O)OC(C)(C)C)C2)cc(=O)[nH]1. The van der Waals surface area contributed by atoms with Crippen molar-refractivity contribution in [1.29, 1.82) is 0 Å². The molecule has 0 aliphatic carbocycles. The maximum atomic E-state index is 12.1. The van der Waals surface area contributed by atoms with Crippen molar-refractivity contribution >= 4 is 6.09 Å². The third-order valence-corrected chi connectivity index (χ3v) is 3.37. The fraction of sp³-hybridized carbons (Fsp3) is 0.667. The highest BCUT2D eigenvalue weighted by Crippen LogP contribution is 2.26. The highest BCUT2D eigenvalue weighted by atomic mass is 16.6. The van der Waals surface area contributed by atoms with Crippen LogP contribution in [0.4, 0.5) is 4.79 Å². The second-order valence-electron chi connectivity index (χ2n) is 6.52. The summed E-state index contributed by atoms with van der Waals surface area (Å²) in [6.45, 7) is 8.56. The molecule has 1 N–H and O–H groups in total. The number of ether oxygens (including phenoxy) is 1. The van der Waals surface area contributed by atoms with Gasteiger partial charge in [-0.2, -0.15) is 0 Å². The quantitative estimate of drug-likeness (QED) is 0.861. The number of carbonyl (C=O) groups excluding carboxylic acids is 1. The van der Waals surface area contributed by atoms with E-state index in [0.717, 1.165) is 18.5 Å². The number of aromatic amines is 1. The predicted octanol–water partition coefficient (Wildman–Crippen LogP) is 2.19. The number of hydrogen-bond donors (Lipinski definition) is 1. The summed E-state index contributed by atoms with van der Waals surface area (Å²) in [6.07, 6.45) is 1.51. The maximum Gasteiger partial charge on any atom is 0.410 e. The number of hydrogen-bond acceptors (Lipinski definition) is 4. The molecule has 21 heavy (non-hydrogen) atoms. The third kappa shape index (κ3) is 4.31. The first-order valence-electron chi connectivity index (χ1n) is 7.30. The van der Waals surface area contributed by atoms with Crippen molar-refractivity contribution in [1.82, 2.24) is 14.9 Å². The Labute approximate surface area is 124 Å². The fourth-order valence-electron chi connectivity index (χ4n) is 2.52. The van der Waals surface area contributed by atoms with Gasteiger partial charge in [-0.1, -0.05) is 0 Å². The van der Waals surface area contributed by atoms with Crippen LogP contribution < -0.4 is 5.56 Å². The molecule has 116 valence electrons. The molecule has 0 aromatic carbocycles. The summed E-state index contributed by atoms with van der Waals surface area (Å²) in [5.74, 6) is 0.694. The number of piperidine rings is 1. The Morgan fingerprint density at radius 1 is 1.48 bits per heavy atom. The second kappa shape index (κ2) is 5.87. The first kappa shape index (κ1) is 15.5. The van der Waals surface area contributed by atoms with Crippen molar-refractivity contribution < 1.29 is 9.53 Å². The van der Waals surface area contributed by atoms with E-state index in [1.165, 1.54) is 6.07 Å². The van der Waals surface area contributed by atoms with Gasteiger partial charge in [0, 0.05) is 25.1 Å². The van der Waals surface area contributed by atoms with Gasteiger partial charge in [0.1, 0.15) is 11.4 Å². The fourth-order valence-corrected chi connectivity index (χ4v) is 2.52. The van der Waals surface area contributed by atoms with Crippen LogP contribution in [0.25, 0.3) is 0 Å². The molecule has 6 heteroatoms. The van der Waals surface area contributed by atoms with Gasteiger partial charge in [0.25, 0.3) is 5.56 Å². The van der Waals surface area contributed by atoms with E-state index in [9.17, 15) is 9.59 Å². The number of H-pyrrole nitrogens is 1. The van der Waals surface area contributed by atoms with E-state index in [-0.39, 0.29) is 17.6 Å². The number of nitrogens with zero attached hydrogens (tertiary/aromatic N) is 2. The third-order valence-electron chi connectivity index (χ3n) is 3.37. The second-order valence-corrected chi connectivity index (χ2v) is 6.52. The van der Waals surface area contributed by atoms with Crippen molar-refractivity contribution in [3.63, 3.8) is 0 Å². The van der Waals surface area contributed by atoms with Gasteiger partial charge in [-0.3, -0.25) is 4.79 Å². The van der Waals surface area contributed by atoms with Crippen LogP contribution >= 0.6 is 0 Å². The van der Waals surface area contributed by atoms with Crippen LogP contribution in [0.2, 0.25) is 0 Å². The zero-order chi connectivity index (χ0) is 15.6. The lowest BCUT2D eigenvalue weighted by molar-refractivity contribution is 0.0197. The largest absolute Gasteiger partial charge is 0.444 e. The molecule has 1 aromatic heterocycles. The van der Waals surface area contributed by atoms with Gasteiger partial charge in [0.2, 0.25) is 0 Å². The highest BCUT2D eigenvalue weighted by molar-refractivity contribution is 5.68. The molecule has 0 unspecified atom stereocenters. The van der Waals surface area contributed by atoms with E-state index < -0.39 is 5.60 Å². The summed E-state index contributed by atoms with van der Waals surface area (Å²) in [5.41, 5.74) is 0.111. The van der Waals surface area contributed by atoms with E-state index in [1.54, 1.807) is 11.8 Å². The number of aryl methyl sites for hydroxylation is 1. The van der Waals surface area contributed by atoms with E-state index in [0.29, 0.717) is 18.9 Å². The monoisotopic (exact) mass is 293 g/mol. The van der Waals surface area contributed by atoms with Gasteiger partial charge in [-0.15, -0.1) is 0 Å². The molecule has 1 aliphatic heterocycles. The average molecular weight is 293 g/mol. The first-order chi connectivity index (χ1) is 9.74. The first-order valence-corrected chi connectivity index (χ1v) is 7.30. The average Bonchev–Trinajstić information content (AvgIpc) is 2.36. The molecular formula is C15H23N3O3. The maximum absolute atomic E-state index is 12.1. The Morgan fingerprint density at radius 3 is 2.81 bits per heavy atom. The number of amides is 1. The molecule has 1 fully saturated rings. The van der Waals surface area contributed by atoms with Crippen LogP contribution in [0.1, 0.15) is 51.0 Å². The lowest BCUT2D eigenvalue weighted by Crippen LogP contribution is -2.42. The van der Waals surface area contributed by atoms with Crippen molar-refractivity contribution in [2.45, 2.75) is 52.1 Å². The molecule has 0 bridgehead atoms. The lowest BCUT2D eigenvalue weighted by Gasteiger charge is -2.33. The Hall–Kier alpha value is -1.85. The summed E-state index contributed by atoms with van der Waals surface area (Å²) in [7, 11) is 0. The van der Waals surface area contributed by atoms with E-state index in [2.05, 4.69) is 9.97 Å². The highest BCUT2D eigenvalue weighted by Gasteiger charge is 2.29.